The highest BCUT2D eigenvalue weighted by Crippen LogP contribution is 2.25. The number of pyridine rings is 1. The van der Waals surface area contributed by atoms with E-state index < -0.39 is 0 Å². The smallest absolute Gasteiger partial charge is 0.152 e. The van der Waals surface area contributed by atoms with Gasteiger partial charge in [-0.05, 0) is 25.1 Å². The molecule has 0 atom stereocenters. The minimum Gasteiger partial charge on any atom is -0.508 e. The maximum absolute atomic E-state index is 9.95. The quantitative estimate of drug-likeness (QED) is 0.908. The molecule has 0 bridgehead atoms. The molecule has 1 saturated heterocycles. The molecule has 0 unspecified atom stereocenters. The predicted molar refractivity (Wildman–Crippen MR) is 87.4 cm³/mol. The van der Waals surface area contributed by atoms with E-state index in [1.807, 2.05) is 31.2 Å². The van der Waals surface area contributed by atoms with Crippen LogP contribution in [0.3, 0.4) is 0 Å². The van der Waals surface area contributed by atoms with E-state index in [0.717, 1.165) is 48.9 Å². The van der Waals surface area contributed by atoms with Crippen molar-refractivity contribution in [2.24, 2.45) is 0 Å². The van der Waals surface area contributed by atoms with Crippen LogP contribution in [0.5, 0.6) is 5.75 Å². The van der Waals surface area contributed by atoms with Crippen LogP contribution >= 0.6 is 0 Å². The molecule has 2 N–H and O–H groups in total. The molecular weight excluding hydrogens is 278 g/mol. The van der Waals surface area contributed by atoms with Crippen molar-refractivity contribution in [1.29, 1.82) is 0 Å². The number of benzene rings is 1. The zero-order chi connectivity index (χ0) is 15.4. The highest BCUT2D eigenvalue weighted by molar-refractivity contribution is 5.65. The monoisotopic (exact) mass is 299 g/mol. The van der Waals surface area contributed by atoms with Crippen molar-refractivity contribution in [2.75, 3.05) is 36.5 Å². The SMILES string of the molecule is Cc1ccc(O)c(CNc2cccnc2N2CCOCC2)c1. The largest absolute Gasteiger partial charge is 0.508 e. The lowest BCUT2D eigenvalue weighted by molar-refractivity contribution is 0.122. The summed E-state index contributed by atoms with van der Waals surface area (Å²) in [6.45, 7) is 5.74. The van der Waals surface area contributed by atoms with E-state index in [1.165, 1.54) is 0 Å². The molecule has 116 valence electrons. The first-order valence-electron chi connectivity index (χ1n) is 7.54. The molecule has 0 radical (unpaired) electrons. The standard InChI is InChI=1S/C17H21N3O2/c1-13-4-5-16(21)14(11-13)12-19-15-3-2-6-18-17(15)20-7-9-22-10-8-20/h2-6,11,19,21H,7-10,12H2,1H3. The molecule has 0 saturated carbocycles. The molecule has 1 aromatic heterocycles. The summed E-state index contributed by atoms with van der Waals surface area (Å²) in [5, 5.41) is 13.3. The Labute approximate surface area is 130 Å². The summed E-state index contributed by atoms with van der Waals surface area (Å²) < 4.78 is 5.40. The first kappa shape index (κ1) is 14.7. The summed E-state index contributed by atoms with van der Waals surface area (Å²) in [6, 6.07) is 9.57. The maximum Gasteiger partial charge on any atom is 0.152 e. The molecule has 5 heteroatoms. The van der Waals surface area contributed by atoms with E-state index in [0.29, 0.717) is 12.3 Å². The van der Waals surface area contributed by atoms with Gasteiger partial charge in [-0.3, -0.25) is 0 Å². The van der Waals surface area contributed by atoms with Crippen LogP contribution in [-0.2, 0) is 11.3 Å². The van der Waals surface area contributed by atoms with E-state index >= 15 is 0 Å². The Morgan fingerprint density at radius 2 is 2.09 bits per heavy atom. The number of hydrogen-bond donors (Lipinski definition) is 2. The van der Waals surface area contributed by atoms with Gasteiger partial charge in [-0.25, -0.2) is 4.98 Å². The molecule has 0 spiro atoms. The Morgan fingerprint density at radius 1 is 1.27 bits per heavy atom. The second kappa shape index (κ2) is 6.66. The van der Waals surface area contributed by atoms with Crippen LogP contribution in [0, 0.1) is 6.92 Å². The maximum atomic E-state index is 9.95. The van der Waals surface area contributed by atoms with Gasteiger partial charge in [-0.2, -0.15) is 0 Å². The molecule has 1 aromatic carbocycles. The fourth-order valence-corrected chi connectivity index (χ4v) is 2.61. The molecule has 1 fully saturated rings. The second-order valence-electron chi connectivity index (χ2n) is 5.46. The Hall–Kier alpha value is -2.27. The average molecular weight is 299 g/mol. The first-order valence-corrected chi connectivity index (χ1v) is 7.54. The number of phenols is 1. The van der Waals surface area contributed by atoms with Gasteiger partial charge in [0.1, 0.15) is 5.75 Å². The van der Waals surface area contributed by atoms with E-state index in [9.17, 15) is 5.11 Å². The van der Waals surface area contributed by atoms with Crippen molar-refractivity contribution in [3.63, 3.8) is 0 Å². The highest BCUT2D eigenvalue weighted by atomic mass is 16.5. The van der Waals surface area contributed by atoms with Gasteiger partial charge in [0.2, 0.25) is 0 Å². The van der Waals surface area contributed by atoms with Crippen LogP contribution < -0.4 is 10.2 Å². The number of aromatic nitrogens is 1. The predicted octanol–water partition coefficient (Wildman–Crippen LogP) is 2.54. The number of ether oxygens (including phenoxy) is 1. The van der Waals surface area contributed by atoms with Crippen LogP contribution in [0.4, 0.5) is 11.5 Å². The number of anilines is 2. The van der Waals surface area contributed by atoms with Crippen molar-refractivity contribution in [2.45, 2.75) is 13.5 Å². The molecule has 2 heterocycles. The molecule has 3 rings (SSSR count). The molecule has 1 aliphatic heterocycles. The van der Waals surface area contributed by atoms with Crippen molar-refractivity contribution >= 4 is 11.5 Å². The van der Waals surface area contributed by atoms with E-state index in [1.54, 1.807) is 12.3 Å². The van der Waals surface area contributed by atoms with Gasteiger partial charge in [-0.1, -0.05) is 17.7 Å². The third kappa shape index (κ3) is 3.31. The molecule has 5 nitrogen and oxygen atoms in total. The van der Waals surface area contributed by atoms with Crippen LogP contribution in [0.15, 0.2) is 36.5 Å². The summed E-state index contributed by atoms with van der Waals surface area (Å²) in [6.07, 6.45) is 1.81. The minimum atomic E-state index is 0.315. The Kier molecular flexibility index (Phi) is 4.44. The molecule has 1 aliphatic rings. The number of nitrogens with one attached hydrogen (secondary N) is 1. The molecule has 0 aliphatic carbocycles. The average Bonchev–Trinajstić information content (AvgIpc) is 2.57. The highest BCUT2D eigenvalue weighted by Gasteiger charge is 2.15. The topological polar surface area (TPSA) is 57.6 Å². The van der Waals surface area contributed by atoms with Crippen LogP contribution in [0.1, 0.15) is 11.1 Å². The lowest BCUT2D eigenvalue weighted by Crippen LogP contribution is -2.37. The van der Waals surface area contributed by atoms with Gasteiger partial charge in [-0.15, -0.1) is 0 Å². The van der Waals surface area contributed by atoms with Crippen molar-refractivity contribution in [3.05, 3.63) is 47.7 Å². The van der Waals surface area contributed by atoms with Crippen LogP contribution in [0.2, 0.25) is 0 Å². The Balaban J connectivity index is 1.76. The van der Waals surface area contributed by atoms with Crippen LogP contribution in [-0.4, -0.2) is 36.4 Å². The summed E-state index contributed by atoms with van der Waals surface area (Å²) in [5.41, 5.74) is 3.00. The number of morpholine rings is 1. The Bertz CT molecular complexity index is 640. The fraction of sp³-hybridized carbons (Fsp3) is 0.353. The summed E-state index contributed by atoms with van der Waals surface area (Å²) in [4.78, 5) is 6.72. The lowest BCUT2D eigenvalue weighted by Gasteiger charge is -2.29. The number of phenolic OH excluding ortho intramolecular Hbond substituents is 1. The summed E-state index contributed by atoms with van der Waals surface area (Å²) >= 11 is 0. The number of hydrogen-bond acceptors (Lipinski definition) is 5. The van der Waals surface area contributed by atoms with E-state index in [4.69, 9.17) is 4.74 Å². The van der Waals surface area contributed by atoms with Gasteiger partial charge in [0.15, 0.2) is 5.82 Å². The van der Waals surface area contributed by atoms with Crippen molar-refractivity contribution < 1.29 is 9.84 Å². The van der Waals surface area contributed by atoms with Gasteiger partial charge in [0.25, 0.3) is 0 Å². The Morgan fingerprint density at radius 3 is 2.91 bits per heavy atom. The second-order valence-corrected chi connectivity index (χ2v) is 5.46. The fourth-order valence-electron chi connectivity index (χ4n) is 2.61. The molecule has 22 heavy (non-hydrogen) atoms. The zero-order valence-electron chi connectivity index (χ0n) is 12.7. The van der Waals surface area contributed by atoms with Crippen molar-refractivity contribution in [1.82, 2.24) is 4.98 Å². The number of nitrogens with zero attached hydrogens (tertiary/aromatic N) is 2. The third-order valence-corrected chi connectivity index (χ3v) is 3.80. The number of rotatable bonds is 4. The first-order chi connectivity index (χ1) is 10.7. The van der Waals surface area contributed by atoms with Gasteiger partial charge >= 0.3 is 0 Å². The minimum absolute atomic E-state index is 0.315. The zero-order valence-corrected chi connectivity index (χ0v) is 12.7. The third-order valence-electron chi connectivity index (χ3n) is 3.80. The summed E-state index contributed by atoms with van der Waals surface area (Å²) in [7, 11) is 0. The van der Waals surface area contributed by atoms with Gasteiger partial charge in [0, 0.05) is 31.4 Å². The van der Waals surface area contributed by atoms with Gasteiger partial charge in [0.05, 0.1) is 18.9 Å². The number of aryl methyl sites for hydroxylation is 1. The molecular formula is C17H21N3O2. The molecule has 0 amide bonds. The van der Waals surface area contributed by atoms with Crippen LogP contribution in [0.25, 0.3) is 0 Å². The number of aromatic hydroxyl groups is 1. The lowest BCUT2D eigenvalue weighted by atomic mass is 10.1. The van der Waals surface area contributed by atoms with Gasteiger partial charge < -0.3 is 20.1 Å². The van der Waals surface area contributed by atoms with E-state index in [-0.39, 0.29) is 0 Å². The normalized spacial score (nSPS) is 14.9. The van der Waals surface area contributed by atoms with E-state index in [2.05, 4.69) is 15.2 Å². The molecule has 2 aromatic rings. The summed E-state index contributed by atoms with van der Waals surface area (Å²) in [5.74, 6) is 1.26. The van der Waals surface area contributed by atoms with Crippen molar-refractivity contribution in [3.8, 4) is 5.75 Å².